The van der Waals surface area contributed by atoms with Gasteiger partial charge in [-0.2, -0.15) is 13.2 Å². The summed E-state index contributed by atoms with van der Waals surface area (Å²) in [5.74, 6) is -1.04. The summed E-state index contributed by atoms with van der Waals surface area (Å²) in [7, 11) is 0. The van der Waals surface area contributed by atoms with Crippen LogP contribution < -0.4 is 5.32 Å². The molecule has 0 atom stereocenters. The van der Waals surface area contributed by atoms with Crippen molar-refractivity contribution in [2.75, 3.05) is 6.54 Å². The summed E-state index contributed by atoms with van der Waals surface area (Å²) < 4.78 is 38.3. The molecule has 0 aliphatic rings. The highest BCUT2D eigenvalue weighted by atomic mass is 19.4. The Morgan fingerprint density at radius 2 is 1.64 bits per heavy atom. The monoisotopic (exact) mass is 390 g/mol. The van der Waals surface area contributed by atoms with Crippen LogP contribution in [0, 0.1) is 0 Å². The lowest BCUT2D eigenvalue weighted by atomic mass is 10.1. The first-order valence-corrected chi connectivity index (χ1v) is 8.42. The van der Waals surface area contributed by atoms with Gasteiger partial charge >= 0.3 is 6.18 Å². The van der Waals surface area contributed by atoms with E-state index in [4.69, 9.17) is 0 Å². The molecule has 3 rings (SSSR count). The third-order valence-electron chi connectivity index (χ3n) is 4.19. The number of halogens is 3. The maximum atomic E-state index is 12.8. The molecule has 3 aromatic rings. The smallest absolute Gasteiger partial charge is 0.416 e. The molecule has 1 amide bonds. The van der Waals surface area contributed by atoms with Crippen LogP contribution in [-0.4, -0.2) is 27.6 Å². The Labute approximate surface area is 158 Å². The van der Waals surface area contributed by atoms with Crippen molar-refractivity contribution in [2.24, 2.45) is 0 Å². The van der Waals surface area contributed by atoms with Crippen LogP contribution in [0.3, 0.4) is 0 Å². The SMILES string of the molecule is CCNC(=O)c1cc(-c2ccc(C(F)(F)F)cc2)[nH]c1-c1ccc(O)c(O)c1. The average molecular weight is 390 g/mol. The predicted molar refractivity (Wildman–Crippen MR) is 98.0 cm³/mol. The van der Waals surface area contributed by atoms with E-state index in [9.17, 15) is 28.2 Å². The van der Waals surface area contributed by atoms with Gasteiger partial charge in [0.15, 0.2) is 11.5 Å². The van der Waals surface area contributed by atoms with Crippen molar-refractivity contribution in [1.82, 2.24) is 10.3 Å². The highest BCUT2D eigenvalue weighted by Gasteiger charge is 2.30. The Morgan fingerprint density at radius 3 is 2.21 bits per heavy atom. The number of aromatic nitrogens is 1. The second-order valence-corrected chi connectivity index (χ2v) is 6.11. The highest BCUT2D eigenvalue weighted by molar-refractivity contribution is 6.01. The van der Waals surface area contributed by atoms with Gasteiger partial charge in [0.2, 0.25) is 0 Å². The molecule has 0 bridgehead atoms. The number of benzene rings is 2. The number of aromatic amines is 1. The lowest BCUT2D eigenvalue weighted by molar-refractivity contribution is -0.137. The minimum Gasteiger partial charge on any atom is -0.504 e. The third kappa shape index (κ3) is 3.80. The van der Waals surface area contributed by atoms with Gasteiger partial charge in [-0.15, -0.1) is 0 Å². The molecule has 0 saturated heterocycles. The van der Waals surface area contributed by atoms with Gasteiger partial charge in [0.25, 0.3) is 5.91 Å². The number of phenols is 2. The maximum absolute atomic E-state index is 12.8. The normalized spacial score (nSPS) is 11.4. The van der Waals surface area contributed by atoms with Crippen LogP contribution in [0.15, 0.2) is 48.5 Å². The number of H-pyrrole nitrogens is 1. The Hall–Kier alpha value is -3.42. The second-order valence-electron chi connectivity index (χ2n) is 6.11. The van der Waals surface area contributed by atoms with Gasteiger partial charge in [-0.05, 0) is 48.9 Å². The molecule has 5 nitrogen and oxygen atoms in total. The number of hydrogen-bond donors (Lipinski definition) is 4. The van der Waals surface area contributed by atoms with Crippen LogP contribution in [-0.2, 0) is 6.18 Å². The Balaban J connectivity index is 2.08. The zero-order valence-corrected chi connectivity index (χ0v) is 14.8. The largest absolute Gasteiger partial charge is 0.504 e. The van der Waals surface area contributed by atoms with Crippen LogP contribution in [0.1, 0.15) is 22.8 Å². The first-order chi connectivity index (χ1) is 13.2. The standard InChI is InChI=1S/C20H17F3N2O3/c1-2-24-19(28)14-10-15(11-3-6-13(7-4-11)20(21,22)23)25-18(14)12-5-8-16(26)17(27)9-12/h3-10,25-27H,2H2,1H3,(H,24,28). The molecule has 0 spiro atoms. The number of alkyl halides is 3. The number of nitrogens with one attached hydrogen (secondary N) is 2. The Morgan fingerprint density at radius 1 is 1.00 bits per heavy atom. The van der Waals surface area contributed by atoms with Gasteiger partial charge in [-0.1, -0.05) is 12.1 Å². The molecular formula is C20H17F3N2O3. The van der Waals surface area contributed by atoms with Gasteiger partial charge in [0, 0.05) is 17.8 Å². The number of aromatic hydroxyl groups is 2. The van der Waals surface area contributed by atoms with Crippen molar-refractivity contribution in [2.45, 2.75) is 13.1 Å². The van der Waals surface area contributed by atoms with Crippen LogP contribution in [0.5, 0.6) is 11.5 Å². The number of phenolic OH excluding ortho intramolecular Hbond substituents is 2. The molecule has 146 valence electrons. The Kier molecular flexibility index (Phi) is 5.04. The van der Waals surface area contributed by atoms with Crippen molar-refractivity contribution < 1.29 is 28.2 Å². The number of amides is 1. The third-order valence-corrected chi connectivity index (χ3v) is 4.19. The summed E-state index contributed by atoms with van der Waals surface area (Å²) in [5.41, 5.74) is 1.22. The van der Waals surface area contributed by atoms with Crippen molar-refractivity contribution in [3.05, 3.63) is 59.7 Å². The molecule has 0 saturated carbocycles. The van der Waals surface area contributed by atoms with Crippen molar-refractivity contribution in [1.29, 1.82) is 0 Å². The van der Waals surface area contributed by atoms with Gasteiger partial charge in [0.05, 0.1) is 16.8 Å². The summed E-state index contributed by atoms with van der Waals surface area (Å²) in [5, 5.41) is 21.9. The minimum absolute atomic E-state index is 0.266. The molecule has 4 N–H and O–H groups in total. The van der Waals surface area contributed by atoms with Crippen molar-refractivity contribution >= 4 is 5.91 Å². The molecule has 2 aromatic carbocycles. The summed E-state index contributed by atoms with van der Waals surface area (Å²) in [6.45, 7) is 2.15. The molecule has 0 radical (unpaired) electrons. The van der Waals surface area contributed by atoms with Crippen molar-refractivity contribution in [3.8, 4) is 34.0 Å². The van der Waals surface area contributed by atoms with E-state index in [-0.39, 0.29) is 23.0 Å². The fourth-order valence-electron chi connectivity index (χ4n) is 2.79. The van der Waals surface area contributed by atoms with E-state index in [2.05, 4.69) is 10.3 Å². The second kappa shape index (κ2) is 7.30. The molecule has 1 aromatic heterocycles. The van der Waals surface area contributed by atoms with Crippen LogP contribution in [0.4, 0.5) is 13.2 Å². The lowest BCUT2D eigenvalue weighted by Crippen LogP contribution is -2.22. The zero-order chi connectivity index (χ0) is 20.5. The molecule has 0 aliphatic heterocycles. The maximum Gasteiger partial charge on any atom is 0.416 e. The van der Waals surface area contributed by atoms with Crippen LogP contribution >= 0.6 is 0 Å². The molecule has 0 fully saturated rings. The molecule has 28 heavy (non-hydrogen) atoms. The summed E-state index contributed by atoms with van der Waals surface area (Å²) in [4.78, 5) is 15.5. The summed E-state index contributed by atoms with van der Waals surface area (Å²) >= 11 is 0. The van der Waals surface area contributed by atoms with E-state index in [0.29, 0.717) is 29.1 Å². The zero-order valence-electron chi connectivity index (χ0n) is 14.8. The number of carbonyl (C=O) groups excluding carboxylic acids is 1. The lowest BCUT2D eigenvalue weighted by Gasteiger charge is -2.07. The van der Waals surface area contributed by atoms with E-state index >= 15 is 0 Å². The molecular weight excluding hydrogens is 373 g/mol. The Bertz CT molecular complexity index is 1010. The van der Waals surface area contributed by atoms with Crippen LogP contribution in [0.25, 0.3) is 22.5 Å². The van der Waals surface area contributed by atoms with E-state index in [1.54, 1.807) is 6.92 Å². The first kappa shape index (κ1) is 19.3. The van der Waals surface area contributed by atoms with Gasteiger partial charge < -0.3 is 20.5 Å². The predicted octanol–water partition coefficient (Wildman–Crippen LogP) is 4.53. The topological polar surface area (TPSA) is 85.4 Å². The van der Waals surface area contributed by atoms with E-state index < -0.39 is 11.7 Å². The van der Waals surface area contributed by atoms with Crippen molar-refractivity contribution in [3.63, 3.8) is 0 Å². The van der Waals surface area contributed by atoms with E-state index in [1.165, 1.54) is 36.4 Å². The van der Waals surface area contributed by atoms with Gasteiger partial charge in [0.1, 0.15) is 0 Å². The van der Waals surface area contributed by atoms with Crippen LogP contribution in [0.2, 0.25) is 0 Å². The summed E-state index contributed by atoms with van der Waals surface area (Å²) in [6.07, 6.45) is -4.44. The quantitative estimate of drug-likeness (QED) is 0.494. The fourth-order valence-corrected chi connectivity index (χ4v) is 2.79. The number of rotatable bonds is 4. The summed E-state index contributed by atoms with van der Waals surface area (Å²) in [6, 6.07) is 10.2. The first-order valence-electron chi connectivity index (χ1n) is 8.42. The molecule has 8 heteroatoms. The highest BCUT2D eigenvalue weighted by Crippen LogP contribution is 2.35. The average Bonchev–Trinajstić information content (AvgIpc) is 3.09. The molecule has 1 heterocycles. The van der Waals surface area contributed by atoms with Gasteiger partial charge in [-0.25, -0.2) is 0 Å². The minimum atomic E-state index is -4.44. The molecule has 0 aliphatic carbocycles. The van der Waals surface area contributed by atoms with E-state index in [0.717, 1.165) is 12.1 Å². The van der Waals surface area contributed by atoms with Gasteiger partial charge in [-0.3, -0.25) is 4.79 Å². The fraction of sp³-hybridized carbons (Fsp3) is 0.150. The van der Waals surface area contributed by atoms with E-state index in [1.807, 2.05) is 0 Å². The number of carbonyl (C=O) groups is 1. The number of hydrogen-bond acceptors (Lipinski definition) is 3. The molecule has 0 unspecified atom stereocenters.